The second kappa shape index (κ2) is 6.72. The van der Waals surface area contributed by atoms with Crippen molar-refractivity contribution < 1.29 is 9.53 Å². The molecule has 0 atom stereocenters. The summed E-state index contributed by atoms with van der Waals surface area (Å²) < 4.78 is 6.02. The predicted octanol–water partition coefficient (Wildman–Crippen LogP) is 2.34. The second-order valence-electron chi connectivity index (χ2n) is 4.12. The quantitative estimate of drug-likeness (QED) is 0.815. The summed E-state index contributed by atoms with van der Waals surface area (Å²) in [6, 6.07) is 5.22. The van der Waals surface area contributed by atoms with Crippen LogP contribution in [0, 0.1) is 6.92 Å². The SMILES string of the molecule is COC(=O)CCn1c(=O)nc(C)c2cc(Cl)ccc21.Cl. The van der Waals surface area contributed by atoms with E-state index in [2.05, 4.69) is 9.72 Å². The van der Waals surface area contributed by atoms with Crippen LogP contribution in [0.5, 0.6) is 0 Å². The van der Waals surface area contributed by atoms with Crippen LogP contribution < -0.4 is 5.69 Å². The van der Waals surface area contributed by atoms with Crippen LogP contribution in [-0.2, 0) is 16.1 Å². The monoisotopic (exact) mass is 316 g/mol. The van der Waals surface area contributed by atoms with Crippen LogP contribution in [0.15, 0.2) is 23.0 Å². The third-order valence-corrected chi connectivity index (χ3v) is 3.14. The zero-order chi connectivity index (χ0) is 14.0. The summed E-state index contributed by atoms with van der Waals surface area (Å²) in [6.07, 6.45) is 0.124. The summed E-state index contributed by atoms with van der Waals surface area (Å²) in [6.45, 7) is 1.99. The van der Waals surface area contributed by atoms with E-state index in [0.717, 1.165) is 5.39 Å². The lowest BCUT2D eigenvalue weighted by Crippen LogP contribution is -2.25. The highest BCUT2D eigenvalue weighted by atomic mass is 35.5. The van der Waals surface area contributed by atoms with Crippen LogP contribution in [0.1, 0.15) is 12.1 Å². The van der Waals surface area contributed by atoms with Gasteiger partial charge in [-0.3, -0.25) is 9.36 Å². The Morgan fingerprint density at radius 2 is 2.15 bits per heavy atom. The molecule has 0 aliphatic rings. The number of hydrogen-bond donors (Lipinski definition) is 0. The van der Waals surface area contributed by atoms with Crippen molar-refractivity contribution in [3.05, 3.63) is 39.4 Å². The maximum absolute atomic E-state index is 11.9. The zero-order valence-corrected chi connectivity index (χ0v) is 12.6. The Morgan fingerprint density at radius 3 is 2.80 bits per heavy atom. The molecular formula is C13H14Cl2N2O3. The number of methoxy groups -OCH3 is 1. The molecule has 2 aromatic rings. The largest absolute Gasteiger partial charge is 0.469 e. The Morgan fingerprint density at radius 1 is 1.45 bits per heavy atom. The van der Waals surface area contributed by atoms with Crippen molar-refractivity contribution in [2.75, 3.05) is 7.11 Å². The van der Waals surface area contributed by atoms with E-state index in [9.17, 15) is 9.59 Å². The highest BCUT2D eigenvalue weighted by Gasteiger charge is 2.10. The van der Waals surface area contributed by atoms with E-state index in [4.69, 9.17) is 11.6 Å². The predicted molar refractivity (Wildman–Crippen MR) is 79.6 cm³/mol. The van der Waals surface area contributed by atoms with Gasteiger partial charge in [-0.05, 0) is 25.1 Å². The minimum absolute atomic E-state index is 0. The number of ether oxygens (including phenoxy) is 1. The van der Waals surface area contributed by atoms with Gasteiger partial charge >= 0.3 is 11.7 Å². The number of halogens is 2. The fourth-order valence-corrected chi connectivity index (χ4v) is 2.09. The van der Waals surface area contributed by atoms with E-state index in [1.165, 1.54) is 11.7 Å². The van der Waals surface area contributed by atoms with Crippen molar-refractivity contribution in [3.8, 4) is 0 Å². The van der Waals surface area contributed by atoms with Gasteiger partial charge in [0.05, 0.1) is 24.7 Å². The lowest BCUT2D eigenvalue weighted by molar-refractivity contribution is -0.140. The molecule has 0 saturated heterocycles. The summed E-state index contributed by atoms with van der Waals surface area (Å²) in [7, 11) is 1.32. The minimum atomic E-state index is -0.378. The van der Waals surface area contributed by atoms with Crippen molar-refractivity contribution in [1.29, 1.82) is 0 Å². The van der Waals surface area contributed by atoms with Crippen LogP contribution in [0.25, 0.3) is 10.9 Å². The molecule has 0 spiro atoms. The third-order valence-electron chi connectivity index (χ3n) is 2.90. The summed E-state index contributed by atoms with van der Waals surface area (Å²) in [4.78, 5) is 27.0. The molecule has 0 amide bonds. The van der Waals surface area contributed by atoms with Gasteiger partial charge in [-0.15, -0.1) is 12.4 Å². The van der Waals surface area contributed by atoms with Crippen molar-refractivity contribution in [3.63, 3.8) is 0 Å². The molecular weight excluding hydrogens is 303 g/mol. The van der Waals surface area contributed by atoms with Crippen LogP contribution in [-0.4, -0.2) is 22.6 Å². The molecule has 0 aliphatic carbocycles. The standard InChI is InChI=1S/C13H13ClN2O3.ClH/c1-8-10-7-9(14)3-4-11(10)16(13(18)15-8)6-5-12(17)19-2;/h3-4,7H,5-6H2,1-2H3;1H. The van der Waals surface area contributed by atoms with Gasteiger partial charge in [-0.25, -0.2) is 4.79 Å². The third kappa shape index (κ3) is 3.29. The number of benzene rings is 1. The van der Waals surface area contributed by atoms with Gasteiger partial charge in [0.25, 0.3) is 0 Å². The number of rotatable bonds is 3. The van der Waals surface area contributed by atoms with E-state index in [1.807, 2.05) is 0 Å². The molecule has 2 rings (SSSR count). The van der Waals surface area contributed by atoms with E-state index in [1.54, 1.807) is 25.1 Å². The van der Waals surface area contributed by atoms with E-state index < -0.39 is 0 Å². The lowest BCUT2D eigenvalue weighted by Gasteiger charge is -2.10. The van der Waals surface area contributed by atoms with Crippen molar-refractivity contribution in [2.24, 2.45) is 0 Å². The van der Waals surface area contributed by atoms with Crippen LogP contribution in [0.3, 0.4) is 0 Å². The Hall–Kier alpha value is -1.59. The number of fused-ring (bicyclic) bond motifs is 1. The molecule has 0 bridgehead atoms. The highest BCUT2D eigenvalue weighted by Crippen LogP contribution is 2.20. The molecule has 1 aromatic heterocycles. The fraction of sp³-hybridized carbons (Fsp3) is 0.308. The number of carbonyl (C=O) groups excluding carboxylic acids is 1. The smallest absolute Gasteiger partial charge is 0.348 e. The number of esters is 1. The zero-order valence-electron chi connectivity index (χ0n) is 11.1. The number of aromatic nitrogens is 2. The summed E-state index contributed by atoms with van der Waals surface area (Å²) in [5, 5.41) is 1.38. The van der Waals surface area contributed by atoms with Crippen molar-refractivity contribution in [1.82, 2.24) is 9.55 Å². The minimum Gasteiger partial charge on any atom is -0.469 e. The van der Waals surface area contributed by atoms with Crippen molar-refractivity contribution >= 4 is 40.9 Å². The lowest BCUT2D eigenvalue weighted by atomic mass is 10.2. The molecule has 1 aromatic carbocycles. The Bertz CT molecular complexity index is 698. The molecule has 5 nitrogen and oxygen atoms in total. The van der Waals surface area contributed by atoms with Gasteiger partial charge in [0.15, 0.2) is 0 Å². The van der Waals surface area contributed by atoms with Crippen LogP contribution >= 0.6 is 24.0 Å². The van der Waals surface area contributed by atoms with Crippen LogP contribution in [0.2, 0.25) is 5.02 Å². The molecule has 7 heteroatoms. The van der Waals surface area contributed by atoms with Gasteiger partial charge in [0.2, 0.25) is 0 Å². The second-order valence-corrected chi connectivity index (χ2v) is 4.56. The molecule has 20 heavy (non-hydrogen) atoms. The summed E-state index contributed by atoms with van der Waals surface area (Å²) in [5.74, 6) is -0.366. The molecule has 0 unspecified atom stereocenters. The first-order chi connectivity index (χ1) is 9.02. The van der Waals surface area contributed by atoms with E-state index in [0.29, 0.717) is 16.2 Å². The topological polar surface area (TPSA) is 61.2 Å². The van der Waals surface area contributed by atoms with Crippen LogP contribution in [0.4, 0.5) is 0 Å². The first-order valence-corrected chi connectivity index (χ1v) is 6.14. The molecule has 0 radical (unpaired) electrons. The van der Waals surface area contributed by atoms with Gasteiger partial charge in [-0.1, -0.05) is 11.6 Å². The first kappa shape index (κ1) is 16.5. The van der Waals surface area contributed by atoms with Gasteiger partial charge in [0, 0.05) is 17.0 Å². The molecule has 1 heterocycles. The Labute approximate surface area is 126 Å². The number of nitrogens with zero attached hydrogens (tertiary/aromatic N) is 2. The molecule has 0 aliphatic heterocycles. The molecule has 0 fully saturated rings. The van der Waals surface area contributed by atoms with E-state index >= 15 is 0 Å². The Balaban J connectivity index is 0.00000200. The maximum atomic E-state index is 11.9. The average molecular weight is 317 g/mol. The molecule has 108 valence electrons. The Kier molecular flexibility index (Phi) is 5.53. The van der Waals surface area contributed by atoms with Gasteiger partial charge < -0.3 is 4.74 Å². The van der Waals surface area contributed by atoms with Crippen molar-refractivity contribution in [2.45, 2.75) is 19.9 Å². The fourth-order valence-electron chi connectivity index (χ4n) is 1.92. The first-order valence-electron chi connectivity index (χ1n) is 5.76. The number of hydrogen-bond acceptors (Lipinski definition) is 4. The molecule has 0 saturated carbocycles. The summed E-state index contributed by atoms with van der Waals surface area (Å²) >= 11 is 5.94. The van der Waals surface area contributed by atoms with E-state index in [-0.39, 0.29) is 37.0 Å². The summed E-state index contributed by atoms with van der Waals surface area (Å²) in [5.41, 5.74) is 0.957. The average Bonchev–Trinajstić information content (AvgIpc) is 2.38. The number of carbonyl (C=O) groups is 1. The highest BCUT2D eigenvalue weighted by molar-refractivity contribution is 6.31. The number of aryl methyl sites for hydroxylation is 2. The van der Waals surface area contributed by atoms with Gasteiger partial charge in [0.1, 0.15) is 0 Å². The van der Waals surface area contributed by atoms with Gasteiger partial charge in [-0.2, -0.15) is 4.98 Å². The normalized spacial score (nSPS) is 10.2. The maximum Gasteiger partial charge on any atom is 0.348 e. The molecule has 0 N–H and O–H groups in total.